The molecule has 112 valence electrons. The molecular formula is C15H17BrFN3O. The summed E-state index contributed by atoms with van der Waals surface area (Å²) < 4.78 is 18.9. The zero-order chi connectivity index (χ0) is 15.5. The summed E-state index contributed by atoms with van der Waals surface area (Å²) in [7, 11) is 0. The van der Waals surface area contributed by atoms with E-state index in [9.17, 15) is 4.39 Å². The quantitative estimate of drug-likeness (QED) is 0.900. The number of nitrogens with zero attached hydrogens (tertiary/aromatic N) is 2. The van der Waals surface area contributed by atoms with Crippen LogP contribution in [0.15, 0.2) is 35.1 Å². The van der Waals surface area contributed by atoms with E-state index < -0.39 is 0 Å². The number of aromatic nitrogens is 2. The number of hydrogen-bond donors (Lipinski definition) is 1. The van der Waals surface area contributed by atoms with E-state index in [0.717, 1.165) is 5.56 Å². The van der Waals surface area contributed by atoms with Gasteiger partial charge in [0.15, 0.2) is 0 Å². The predicted octanol–water partition coefficient (Wildman–Crippen LogP) is 4.06. The van der Waals surface area contributed by atoms with Gasteiger partial charge in [-0.2, -0.15) is 0 Å². The van der Waals surface area contributed by atoms with E-state index >= 15 is 0 Å². The van der Waals surface area contributed by atoms with Crippen molar-refractivity contribution in [2.24, 2.45) is 0 Å². The van der Waals surface area contributed by atoms with E-state index in [1.54, 1.807) is 12.4 Å². The first-order chi connectivity index (χ1) is 9.83. The molecule has 2 rings (SSSR count). The topological polar surface area (TPSA) is 47.0 Å². The Labute approximate surface area is 131 Å². The third-order valence-corrected chi connectivity index (χ3v) is 3.21. The lowest BCUT2D eigenvalue weighted by Crippen LogP contribution is -2.35. The normalized spacial score (nSPS) is 11.5. The smallest absolute Gasteiger partial charge is 0.321 e. The Balaban J connectivity index is 2.00. The molecule has 0 atom stereocenters. The van der Waals surface area contributed by atoms with Crippen molar-refractivity contribution in [2.75, 3.05) is 0 Å². The molecule has 0 spiro atoms. The van der Waals surface area contributed by atoms with Gasteiger partial charge >= 0.3 is 6.01 Å². The van der Waals surface area contributed by atoms with Crippen LogP contribution in [-0.4, -0.2) is 15.5 Å². The molecular weight excluding hydrogens is 337 g/mol. The Kier molecular flexibility index (Phi) is 4.90. The lowest BCUT2D eigenvalue weighted by Gasteiger charge is -2.20. The molecule has 0 aliphatic rings. The summed E-state index contributed by atoms with van der Waals surface area (Å²) in [5, 5.41) is 3.35. The molecule has 0 saturated carbocycles. The Hall–Kier alpha value is -1.53. The summed E-state index contributed by atoms with van der Waals surface area (Å²) >= 11 is 3.11. The van der Waals surface area contributed by atoms with E-state index in [2.05, 4.69) is 52.0 Å². The maximum absolute atomic E-state index is 13.1. The van der Waals surface area contributed by atoms with Gasteiger partial charge in [-0.15, -0.1) is 0 Å². The van der Waals surface area contributed by atoms with Crippen molar-refractivity contribution in [1.82, 2.24) is 15.3 Å². The molecule has 0 saturated heterocycles. The summed E-state index contributed by atoms with van der Waals surface area (Å²) in [6.45, 7) is 6.97. The van der Waals surface area contributed by atoms with Crippen molar-refractivity contribution in [3.8, 4) is 11.8 Å². The Morgan fingerprint density at radius 1 is 1.24 bits per heavy atom. The van der Waals surface area contributed by atoms with Crippen LogP contribution >= 0.6 is 15.9 Å². The van der Waals surface area contributed by atoms with Crippen LogP contribution in [0.25, 0.3) is 0 Å². The number of hydrogen-bond acceptors (Lipinski definition) is 4. The Bertz CT molecular complexity index is 611. The minimum absolute atomic E-state index is 0.0373. The predicted molar refractivity (Wildman–Crippen MR) is 82.8 cm³/mol. The minimum atomic E-state index is -0.341. The number of benzene rings is 1. The largest absolute Gasteiger partial charge is 0.424 e. The fourth-order valence-corrected chi connectivity index (χ4v) is 1.86. The maximum atomic E-state index is 13.1. The highest BCUT2D eigenvalue weighted by Gasteiger charge is 2.09. The second-order valence-electron chi connectivity index (χ2n) is 5.66. The van der Waals surface area contributed by atoms with Crippen molar-refractivity contribution < 1.29 is 9.13 Å². The van der Waals surface area contributed by atoms with E-state index in [1.165, 1.54) is 18.2 Å². The molecule has 1 aromatic carbocycles. The van der Waals surface area contributed by atoms with Crippen LogP contribution in [0.5, 0.6) is 11.8 Å². The monoisotopic (exact) mass is 353 g/mol. The summed E-state index contributed by atoms with van der Waals surface area (Å²) in [6, 6.07) is 4.61. The standard InChI is InChI=1S/C15H17BrFN3O/c1-15(2,3)20-9-10-7-18-14(19-8-10)21-11-4-5-13(17)12(16)6-11/h4-8,20H,9H2,1-3H3. The third kappa shape index (κ3) is 5.06. The van der Waals surface area contributed by atoms with Crippen molar-refractivity contribution >= 4 is 15.9 Å². The lowest BCUT2D eigenvalue weighted by molar-refractivity contribution is 0.419. The van der Waals surface area contributed by atoms with Gasteiger partial charge in [-0.3, -0.25) is 0 Å². The molecule has 0 aliphatic heterocycles. The van der Waals surface area contributed by atoms with E-state index in [-0.39, 0.29) is 17.4 Å². The zero-order valence-electron chi connectivity index (χ0n) is 12.2. The van der Waals surface area contributed by atoms with Crippen molar-refractivity contribution in [1.29, 1.82) is 0 Å². The summed E-state index contributed by atoms with van der Waals surface area (Å²) in [4.78, 5) is 8.29. The molecule has 4 nitrogen and oxygen atoms in total. The van der Waals surface area contributed by atoms with Gasteiger partial charge in [0.2, 0.25) is 0 Å². The second-order valence-corrected chi connectivity index (χ2v) is 6.51. The van der Waals surface area contributed by atoms with Gasteiger partial charge in [-0.1, -0.05) is 0 Å². The van der Waals surface area contributed by atoms with Gasteiger partial charge in [0.25, 0.3) is 0 Å². The summed E-state index contributed by atoms with van der Waals surface area (Å²) in [5.41, 5.74) is 1.01. The molecule has 0 aliphatic carbocycles. The fraction of sp³-hybridized carbons (Fsp3) is 0.333. The molecule has 0 radical (unpaired) electrons. The summed E-state index contributed by atoms with van der Waals surface area (Å²) in [6.07, 6.45) is 3.42. The third-order valence-electron chi connectivity index (χ3n) is 2.60. The van der Waals surface area contributed by atoms with Gasteiger partial charge < -0.3 is 10.1 Å². The molecule has 1 aromatic heterocycles. The van der Waals surface area contributed by atoms with Gasteiger partial charge in [-0.05, 0) is 54.9 Å². The first-order valence-corrected chi connectivity index (χ1v) is 7.32. The SMILES string of the molecule is CC(C)(C)NCc1cnc(Oc2ccc(F)c(Br)c2)nc1. The van der Waals surface area contributed by atoms with Crippen LogP contribution in [-0.2, 0) is 6.54 Å². The second kappa shape index (κ2) is 6.49. The molecule has 6 heteroatoms. The van der Waals surface area contributed by atoms with Crippen LogP contribution in [0.3, 0.4) is 0 Å². The Morgan fingerprint density at radius 2 is 1.90 bits per heavy atom. The molecule has 1 N–H and O–H groups in total. The van der Waals surface area contributed by atoms with Gasteiger partial charge in [0.1, 0.15) is 11.6 Å². The highest BCUT2D eigenvalue weighted by atomic mass is 79.9. The van der Waals surface area contributed by atoms with Crippen LogP contribution in [0.2, 0.25) is 0 Å². The molecule has 21 heavy (non-hydrogen) atoms. The first-order valence-electron chi connectivity index (χ1n) is 6.52. The molecule has 0 bridgehead atoms. The van der Waals surface area contributed by atoms with Crippen LogP contribution in [0, 0.1) is 5.82 Å². The van der Waals surface area contributed by atoms with Crippen molar-refractivity contribution in [2.45, 2.75) is 32.9 Å². The van der Waals surface area contributed by atoms with Crippen LogP contribution < -0.4 is 10.1 Å². The van der Waals surface area contributed by atoms with Crippen LogP contribution in [0.4, 0.5) is 4.39 Å². The van der Waals surface area contributed by atoms with E-state index in [1.807, 2.05) is 0 Å². The summed E-state index contributed by atoms with van der Waals surface area (Å²) in [5.74, 6) is 0.135. The van der Waals surface area contributed by atoms with E-state index in [0.29, 0.717) is 16.8 Å². The molecule has 0 unspecified atom stereocenters. The number of rotatable bonds is 4. The molecule has 2 aromatic rings. The van der Waals surface area contributed by atoms with Gasteiger partial charge in [0.05, 0.1) is 4.47 Å². The minimum Gasteiger partial charge on any atom is -0.424 e. The molecule has 1 heterocycles. The highest BCUT2D eigenvalue weighted by molar-refractivity contribution is 9.10. The maximum Gasteiger partial charge on any atom is 0.321 e. The average Bonchev–Trinajstić information content (AvgIpc) is 2.41. The fourth-order valence-electron chi connectivity index (χ4n) is 1.50. The van der Waals surface area contributed by atoms with Crippen molar-refractivity contribution in [3.05, 3.63) is 46.4 Å². The number of nitrogens with one attached hydrogen (secondary N) is 1. The lowest BCUT2D eigenvalue weighted by atomic mass is 10.1. The van der Waals surface area contributed by atoms with Gasteiger partial charge in [0, 0.05) is 30.0 Å². The van der Waals surface area contributed by atoms with E-state index in [4.69, 9.17) is 4.74 Å². The number of halogens is 2. The first kappa shape index (κ1) is 15.9. The van der Waals surface area contributed by atoms with Crippen molar-refractivity contribution in [3.63, 3.8) is 0 Å². The molecule has 0 fully saturated rings. The average molecular weight is 354 g/mol. The molecule has 0 amide bonds. The highest BCUT2D eigenvalue weighted by Crippen LogP contribution is 2.24. The van der Waals surface area contributed by atoms with Crippen LogP contribution in [0.1, 0.15) is 26.3 Å². The number of ether oxygens (including phenoxy) is 1. The zero-order valence-corrected chi connectivity index (χ0v) is 13.7. The Morgan fingerprint density at radius 3 is 2.48 bits per heavy atom. The van der Waals surface area contributed by atoms with Gasteiger partial charge in [-0.25, -0.2) is 14.4 Å².